The molecule has 0 nitrogen and oxygen atoms in total. The van der Waals surface area contributed by atoms with E-state index in [0.29, 0.717) is 0 Å². The van der Waals surface area contributed by atoms with Crippen molar-refractivity contribution in [3.63, 3.8) is 0 Å². The highest BCUT2D eigenvalue weighted by atomic mass is 19.1. The Morgan fingerprint density at radius 3 is 1.62 bits per heavy atom. The van der Waals surface area contributed by atoms with E-state index in [4.69, 9.17) is 0 Å². The summed E-state index contributed by atoms with van der Waals surface area (Å²) in [4.78, 5) is 0. The van der Waals surface area contributed by atoms with E-state index in [0.717, 1.165) is 30.1 Å². The van der Waals surface area contributed by atoms with Crippen LogP contribution in [0.2, 0.25) is 0 Å². The van der Waals surface area contributed by atoms with Crippen molar-refractivity contribution in [1.82, 2.24) is 0 Å². The molecule has 2 saturated carbocycles. The first kappa shape index (κ1) is 22.8. The number of benzene rings is 1. The van der Waals surface area contributed by atoms with Gasteiger partial charge in [0.15, 0.2) is 0 Å². The van der Waals surface area contributed by atoms with Gasteiger partial charge in [-0.3, -0.25) is 0 Å². The number of aryl methyl sites for hydroxylation is 1. The standard InChI is InChI=1S/C28H45F/c1-2-3-4-5-6-23-7-9-24(10-8-23)11-12-25-13-15-26(16-14-25)17-18-27-19-21-28(29)22-20-27/h19-26H,2-18H2,1H3/t23-,24-,25-,26-. The minimum atomic E-state index is -0.116. The fraction of sp³-hybridized carbons (Fsp3) is 0.786. The summed E-state index contributed by atoms with van der Waals surface area (Å²) in [5.41, 5.74) is 1.30. The summed E-state index contributed by atoms with van der Waals surface area (Å²) in [5.74, 6) is 3.88. The fourth-order valence-corrected chi connectivity index (χ4v) is 5.97. The van der Waals surface area contributed by atoms with Gasteiger partial charge in [-0.05, 0) is 54.2 Å². The zero-order valence-electron chi connectivity index (χ0n) is 19.0. The number of rotatable bonds is 11. The van der Waals surface area contributed by atoms with Crippen LogP contribution in [0.1, 0.15) is 115 Å². The van der Waals surface area contributed by atoms with Crippen molar-refractivity contribution in [2.75, 3.05) is 0 Å². The molecule has 0 unspecified atom stereocenters. The molecule has 0 aromatic heterocycles. The van der Waals surface area contributed by atoms with Gasteiger partial charge in [0.25, 0.3) is 0 Å². The van der Waals surface area contributed by atoms with E-state index in [2.05, 4.69) is 6.92 Å². The monoisotopic (exact) mass is 400 g/mol. The summed E-state index contributed by atoms with van der Waals surface area (Å²) < 4.78 is 13.0. The molecule has 1 heteroatoms. The third kappa shape index (κ3) is 8.42. The molecule has 0 saturated heterocycles. The third-order valence-corrected chi connectivity index (χ3v) is 8.14. The topological polar surface area (TPSA) is 0 Å². The van der Waals surface area contributed by atoms with Crippen molar-refractivity contribution in [3.8, 4) is 0 Å². The van der Waals surface area contributed by atoms with Crippen molar-refractivity contribution in [3.05, 3.63) is 35.6 Å². The Labute approximate surface area is 180 Å². The molecule has 0 amide bonds. The van der Waals surface area contributed by atoms with Crippen LogP contribution >= 0.6 is 0 Å². The maximum Gasteiger partial charge on any atom is 0.123 e. The molecule has 0 atom stereocenters. The van der Waals surface area contributed by atoms with Gasteiger partial charge in [-0.25, -0.2) is 4.39 Å². The Bertz CT molecular complexity index is 532. The maximum atomic E-state index is 13.0. The summed E-state index contributed by atoms with van der Waals surface area (Å²) in [6.07, 6.45) is 24.5. The molecule has 164 valence electrons. The van der Waals surface area contributed by atoms with Crippen molar-refractivity contribution in [2.45, 2.75) is 116 Å². The molecule has 0 radical (unpaired) electrons. The lowest BCUT2D eigenvalue weighted by molar-refractivity contribution is 0.208. The first-order valence-corrected chi connectivity index (χ1v) is 13.0. The second-order valence-electron chi connectivity index (χ2n) is 10.4. The lowest BCUT2D eigenvalue weighted by Gasteiger charge is -2.32. The highest BCUT2D eigenvalue weighted by molar-refractivity contribution is 5.16. The molecule has 0 spiro atoms. The van der Waals surface area contributed by atoms with Crippen LogP contribution in [0.5, 0.6) is 0 Å². The van der Waals surface area contributed by atoms with E-state index < -0.39 is 0 Å². The van der Waals surface area contributed by atoms with Crippen molar-refractivity contribution >= 4 is 0 Å². The first-order chi connectivity index (χ1) is 14.2. The van der Waals surface area contributed by atoms with Crippen LogP contribution < -0.4 is 0 Å². The van der Waals surface area contributed by atoms with Crippen LogP contribution in [-0.2, 0) is 6.42 Å². The highest BCUT2D eigenvalue weighted by Crippen LogP contribution is 2.38. The molecule has 2 aliphatic carbocycles. The first-order valence-electron chi connectivity index (χ1n) is 13.0. The summed E-state index contributed by atoms with van der Waals surface area (Å²) in [5, 5.41) is 0. The molecule has 1 aromatic carbocycles. The van der Waals surface area contributed by atoms with Crippen LogP contribution in [0.3, 0.4) is 0 Å². The zero-order chi connectivity index (χ0) is 20.3. The summed E-state index contributed by atoms with van der Waals surface area (Å²) in [7, 11) is 0. The Kier molecular flexibility index (Phi) is 10.0. The van der Waals surface area contributed by atoms with Gasteiger partial charge in [0, 0.05) is 0 Å². The van der Waals surface area contributed by atoms with E-state index in [-0.39, 0.29) is 5.82 Å². The van der Waals surface area contributed by atoms with Gasteiger partial charge in [0.1, 0.15) is 5.82 Å². The second kappa shape index (κ2) is 12.8. The molecule has 0 N–H and O–H groups in total. The Hall–Kier alpha value is -0.850. The number of hydrogen-bond donors (Lipinski definition) is 0. The Morgan fingerprint density at radius 2 is 1.10 bits per heavy atom. The summed E-state index contributed by atoms with van der Waals surface area (Å²) in [6, 6.07) is 7.13. The average molecular weight is 401 g/mol. The van der Waals surface area contributed by atoms with Gasteiger partial charge < -0.3 is 0 Å². The Morgan fingerprint density at radius 1 is 0.621 bits per heavy atom. The summed E-state index contributed by atoms with van der Waals surface area (Å²) >= 11 is 0. The molecule has 0 bridgehead atoms. The van der Waals surface area contributed by atoms with Gasteiger partial charge >= 0.3 is 0 Å². The zero-order valence-corrected chi connectivity index (χ0v) is 19.0. The number of halogens is 1. The number of unbranched alkanes of at least 4 members (excludes halogenated alkanes) is 3. The SMILES string of the molecule is CCCCCC[C@H]1CC[C@H](CC[C@H]2CC[C@H](CCc3ccc(F)cc3)CC2)CC1. The van der Waals surface area contributed by atoms with Crippen LogP contribution in [0.25, 0.3) is 0 Å². The fourth-order valence-electron chi connectivity index (χ4n) is 5.97. The molecule has 0 aliphatic heterocycles. The van der Waals surface area contributed by atoms with Crippen LogP contribution in [0, 0.1) is 29.5 Å². The average Bonchev–Trinajstić information content (AvgIpc) is 2.76. The smallest absolute Gasteiger partial charge is 0.123 e. The van der Waals surface area contributed by atoms with Crippen molar-refractivity contribution in [2.24, 2.45) is 23.7 Å². The van der Waals surface area contributed by atoms with E-state index in [1.807, 2.05) is 12.1 Å². The van der Waals surface area contributed by atoms with E-state index >= 15 is 0 Å². The van der Waals surface area contributed by atoms with Crippen LogP contribution in [0.4, 0.5) is 4.39 Å². The van der Waals surface area contributed by atoms with Crippen LogP contribution in [0.15, 0.2) is 24.3 Å². The van der Waals surface area contributed by atoms with Crippen molar-refractivity contribution in [1.29, 1.82) is 0 Å². The third-order valence-electron chi connectivity index (χ3n) is 8.14. The highest BCUT2D eigenvalue weighted by Gasteiger charge is 2.24. The van der Waals surface area contributed by atoms with Crippen molar-refractivity contribution < 1.29 is 4.39 Å². The molecule has 0 heterocycles. The van der Waals surface area contributed by atoms with Gasteiger partial charge in [-0.2, -0.15) is 0 Å². The van der Waals surface area contributed by atoms with E-state index in [1.165, 1.54) is 108 Å². The normalized spacial score (nSPS) is 27.8. The van der Waals surface area contributed by atoms with Crippen LogP contribution in [-0.4, -0.2) is 0 Å². The lowest BCUT2D eigenvalue weighted by atomic mass is 9.74. The molecule has 2 aliphatic rings. The molecule has 29 heavy (non-hydrogen) atoms. The van der Waals surface area contributed by atoms with E-state index in [9.17, 15) is 4.39 Å². The predicted molar refractivity (Wildman–Crippen MR) is 124 cm³/mol. The lowest BCUT2D eigenvalue weighted by Crippen LogP contribution is -2.18. The van der Waals surface area contributed by atoms with Gasteiger partial charge in [-0.1, -0.05) is 115 Å². The second-order valence-corrected chi connectivity index (χ2v) is 10.4. The molecule has 3 rings (SSSR count). The Balaban J connectivity index is 1.23. The largest absolute Gasteiger partial charge is 0.207 e. The molecular formula is C28H45F. The summed E-state index contributed by atoms with van der Waals surface area (Å²) in [6.45, 7) is 2.31. The molecule has 2 fully saturated rings. The van der Waals surface area contributed by atoms with Gasteiger partial charge in [-0.15, -0.1) is 0 Å². The number of hydrogen-bond acceptors (Lipinski definition) is 0. The van der Waals surface area contributed by atoms with Gasteiger partial charge in [0.05, 0.1) is 0 Å². The molecule has 1 aromatic rings. The van der Waals surface area contributed by atoms with Gasteiger partial charge in [0.2, 0.25) is 0 Å². The minimum Gasteiger partial charge on any atom is -0.207 e. The van der Waals surface area contributed by atoms with E-state index in [1.54, 1.807) is 12.1 Å². The minimum absolute atomic E-state index is 0.116. The quantitative estimate of drug-likeness (QED) is 0.325. The predicted octanol–water partition coefficient (Wildman–Crippen LogP) is 9.12. The maximum absolute atomic E-state index is 13.0. The molecular weight excluding hydrogens is 355 g/mol.